The highest BCUT2D eigenvalue weighted by Gasteiger charge is 2.02. The molecule has 0 aliphatic heterocycles. The normalized spacial score (nSPS) is 10.8. The van der Waals surface area contributed by atoms with Crippen LogP contribution in [0.5, 0.6) is 0 Å². The lowest BCUT2D eigenvalue weighted by molar-refractivity contribution is 0.631. The van der Waals surface area contributed by atoms with Crippen LogP contribution in [0.15, 0.2) is 6.20 Å². The van der Waals surface area contributed by atoms with Gasteiger partial charge in [0.05, 0.1) is 5.69 Å². The van der Waals surface area contributed by atoms with Gasteiger partial charge in [0.15, 0.2) is 0 Å². The Morgan fingerprint density at radius 3 is 2.70 bits per heavy atom. The van der Waals surface area contributed by atoms with E-state index in [0.29, 0.717) is 5.92 Å². The molecular weight excluding hydrogens is 124 g/mol. The predicted molar refractivity (Wildman–Crippen MR) is 41.9 cm³/mol. The first-order chi connectivity index (χ1) is 4.70. The maximum atomic E-state index is 4.13. The van der Waals surface area contributed by atoms with Crippen LogP contribution >= 0.6 is 0 Å². The van der Waals surface area contributed by atoms with Gasteiger partial charge in [0.25, 0.3) is 0 Å². The summed E-state index contributed by atoms with van der Waals surface area (Å²) in [5, 5.41) is 6.98. The molecule has 0 amide bonds. The Balaban J connectivity index is 2.65. The molecule has 10 heavy (non-hydrogen) atoms. The van der Waals surface area contributed by atoms with Gasteiger partial charge in [-0.25, -0.2) is 0 Å². The third-order valence-corrected chi connectivity index (χ3v) is 1.54. The topological polar surface area (TPSA) is 28.7 Å². The van der Waals surface area contributed by atoms with E-state index >= 15 is 0 Å². The fourth-order valence-electron chi connectivity index (χ4n) is 0.972. The maximum absolute atomic E-state index is 4.13. The largest absolute Gasteiger partial charge is 0.285 e. The molecule has 56 valence electrons. The van der Waals surface area contributed by atoms with Crippen LogP contribution in [0, 0.1) is 12.8 Å². The molecule has 1 heterocycles. The van der Waals surface area contributed by atoms with Crippen LogP contribution in [0.25, 0.3) is 0 Å². The third-order valence-electron chi connectivity index (χ3n) is 1.54. The molecule has 0 unspecified atom stereocenters. The molecule has 2 heteroatoms. The highest BCUT2D eigenvalue weighted by Crippen LogP contribution is 2.08. The minimum absolute atomic E-state index is 0.696. The van der Waals surface area contributed by atoms with Crippen molar-refractivity contribution in [1.82, 2.24) is 10.2 Å². The van der Waals surface area contributed by atoms with E-state index in [1.807, 2.05) is 6.20 Å². The fraction of sp³-hybridized carbons (Fsp3) is 0.625. The lowest BCUT2D eigenvalue weighted by Crippen LogP contribution is -1.95. The van der Waals surface area contributed by atoms with Gasteiger partial charge in [-0.2, -0.15) is 5.10 Å². The molecule has 1 aromatic rings. The molecule has 0 aromatic carbocycles. The summed E-state index contributed by atoms with van der Waals surface area (Å²) >= 11 is 0. The molecule has 0 aliphatic rings. The molecular formula is C8H14N2. The molecule has 1 rings (SSSR count). The van der Waals surface area contributed by atoms with E-state index in [1.54, 1.807) is 0 Å². The summed E-state index contributed by atoms with van der Waals surface area (Å²) in [7, 11) is 0. The zero-order chi connectivity index (χ0) is 7.56. The van der Waals surface area contributed by atoms with Crippen molar-refractivity contribution in [2.24, 2.45) is 5.92 Å². The van der Waals surface area contributed by atoms with E-state index < -0.39 is 0 Å². The predicted octanol–water partition coefficient (Wildman–Crippen LogP) is 1.92. The number of rotatable bonds is 2. The van der Waals surface area contributed by atoms with Crippen LogP contribution in [0.3, 0.4) is 0 Å². The quantitative estimate of drug-likeness (QED) is 0.664. The van der Waals surface area contributed by atoms with Gasteiger partial charge in [-0.05, 0) is 24.8 Å². The molecule has 1 N–H and O–H groups in total. The van der Waals surface area contributed by atoms with Crippen molar-refractivity contribution >= 4 is 0 Å². The first kappa shape index (κ1) is 7.32. The Labute approximate surface area is 61.7 Å². The summed E-state index contributed by atoms with van der Waals surface area (Å²) in [5.41, 5.74) is 2.48. The zero-order valence-corrected chi connectivity index (χ0v) is 6.81. The second-order valence-corrected chi connectivity index (χ2v) is 3.11. The number of H-pyrrole nitrogens is 1. The van der Waals surface area contributed by atoms with Crippen molar-refractivity contribution in [3.05, 3.63) is 17.5 Å². The number of nitrogens with zero attached hydrogens (tertiary/aromatic N) is 1. The molecule has 1 aromatic heterocycles. The van der Waals surface area contributed by atoms with E-state index in [4.69, 9.17) is 0 Å². The van der Waals surface area contributed by atoms with Crippen molar-refractivity contribution in [2.75, 3.05) is 0 Å². The lowest BCUT2D eigenvalue weighted by atomic mass is 10.1. The summed E-state index contributed by atoms with van der Waals surface area (Å²) in [4.78, 5) is 0. The Kier molecular flexibility index (Phi) is 2.10. The van der Waals surface area contributed by atoms with Gasteiger partial charge in [-0.1, -0.05) is 13.8 Å². The fourth-order valence-corrected chi connectivity index (χ4v) is 0.972. The van der Waals surface area contributed by atoms with Gasteiger partial charge in [0.2, 0.25) is 0 Å². The summed E-state index contributed by atoms with van der Waals surface area (Å²) in [6.45, 7) is 6.49. The first-order valence-electron chi connectivity index (χ1n) is 3.69. The van der Waals surface area contributed by atoms with Gasteiger partial charge in [-0.3, -0.25) is 5.10 Å². The molecule has 0 aliphatic carbocycles. The average Bonchev–Trinajstić information content (AvgIpc) is 2.15. The Morgan fingerprint density at radius 2 is 2.30 bits per heavy atom. The summed E-state index contributed by atoms with van der Waals surface area (Å²) in [6, 6.07) is 0. The second-order valence-electron chi connectivity index (χ2n) is 3.11. The van der Waals surface area contributed by atoms with Crippen LogP contribution in [-0.2, 0) is 6.42 Å². The highest BCUT2D eigenvalue weighted by molar-refractivity contribution is 5.13. The van der Waals surface area contributed by atoms with Crippen LogP contribution in [0.2, 0.25) is 0 Å². The van der Waals surface area contributed by atoms with E-state index in [-0.39, 0.29) is 0 Å². The smallest absolute Gasteiger partial charge is 0.0653 e. The zero-order valence-electron chi connectivity index (χ0n) is 6.81. The van der Waals surface area contributed by atoms with E-state index in [1.165, 1.54) is 11.3 Å². The molecule has 0 fully saturated rings. The SMILES string of the molecule is Cc1c[nH]nc1CC(C)C. The third kappa shape index (κ3) is 1.59. The molecule has 2 nitrogen and oxygen atoms in total. The number of aryl methyl sites for hydroxylation is 1. The van der Waals surface area contributed by atoms with Crippen LogP contribution < -0.4 is 0 Å². The second kappa shape index (κ2) is 2.86. The van der Waals surface area contributed by atoms with Crippen molar-refractivity contribution in [2.45, 2.75) is 27.2 Å². The Morgan fingerprint density at radius 1 is 1.60 bits per heavy atom. The maximum Gasteiger partial charge on any atom is 0.0653 e. The van der Waals surface area contributed by atoms with Gasteiger partial charge < -0.3 is 0 Å². The number of nitrogens with one attached hydrogen (secondary N) is 1. The van der Waals surface area contributed by atoms with E-state index in [9.17, 15) is 0 Å². The van der Waals surface area contributed by atoms with Crippen LogP contribution in [0.1, 0.15) is 25.1 Å². The van der Waals surface area contributed by atoms with Gasteiger partial charge in [0, 0.05) is 6.20 Å². The van der Waals surface area contributed by atoms with Gasteiger partial charge in [-0.15, -0.1) is 0 Å². The molecule has 0 atom stereocenters. The lowest BCUT2D eigenvalue weighted by Gasteiger charge is -2.00. The van der Waals surface area contributed by atoms with Crippen molar-refractivity contribution in [1.29, 1.82) is 0 Å². The van der Waals surface area contributed by atoms with Crippen molar-refractivity contribution in [3.63, 3.8) is 0 Å². The number of hydrogen-bond donors (Lipinski definition) is 1. The molecule has 0 saturated heterocycles. The monoisotopic (exact) mass is 138 g/mol. The summed E-state index contributed by atoms with van der Waals surface area (Å²) in [6.07, 6.45) is 3.02. The standard InChI is InChI=1S/C8H14N2/c1-6(2)4-8-7(3)5-9-10-8/h5-6H,4H2,1-3H3,(H,9,10). The summed E-state index contributed by atoms with van der Waals surface area (Å²) < 4.78 is 0. The summed E-state index contributed by atoms with van der Waals surface area (Å²) in [5.74, 6) is 0.696. The number of hydrogen-bond acceptors (Lipinski definition) is 1. The minimum Gasteiger partial charge on any atom is -0.285 e. The Bertz CT molecular complexity index is 201. The van der Waals surface area contributed by atoms with Gasteiger partial charge >= 0.3 is 0 Å². The number of aromatic nitrogens is 2. The molecule has 0 bridgehead atoms. The number of aromatic amines is 1. The molecule has 0 spiro atoms. The molecule has 0 radical (unpaired) electrons. The average molecular weight is 138 g/mol. The van der Waals surface area contributed by atoms with Crippen LogP contribution in [0.4, 0.5) is 0 Å². The van der Waals surface area contributed by atoms with E-state index in [2.05, 4.69) is 31.0 Å². The van der Waals surface area contributed by atoms with Crippen LogP contribution in [-0.4, -0.2) is 10.2 Å². The minimum atomic E-state index is 0.696. The van der Waals surface area contributed by atoms with Crippen molar-refractivity contribution < 1.29 is 0 Å². The first-order valence-corrected chi connectivity index (χ1v) is 3.69. The Hall–Kier alpha value is -0.790. The van der Waals surface area contributed by atoms with Gasteiger partial charge in [0.1, 0.15) is 0 Å². The molecule has 0 saturated carbocycles. The highest BCUT2D eigenvalue weighted by atomic mass is 15.1. The van der Waals surface area contributed by atoms with E-state index in [0.717, 1.165) is 6.42 Å². The van der Waals surface area contributed by atoms with Crippen molar-refractivity contribution in [3.8, 4) is 0 Å².